The molecule has 3 heteroatoms. The van der Waals surface area contributed by atoms with Gasteiger partial charge in [-0.15, -0.1) is 0 Å². The molecular formula is C16H30N2O. The van der Waals surface area contributed by atoms with E-state index in [1.54, 1.807) is 0 Å². The Bertz CT molecular complexity index is 329. The van der Waals surface area contributed by atoms with Crippen molar-refractivity contribution in [2.24, 2.45) is 10.8 Å². The van der Waals surface area contributed by atoms with E-state index >= 15 is 0 Å². The molecule has 0 aromatic heterocycles. The topological polar surface area (TPSA) is 41.1 Å². The van der Waals surface area contributed by atoms with Gasteiger partial charge in [-0.25, -0.2) is 0 Å². The van der Waals surface area contributed by atoms with Gasteiger partial charge < -0.3 is 10.6 Å². The highest BCUT2D eigenvalue weighted by molar-refractivity contribution is 5.81. The minimum Gasteiger partial charge on any atom is -0.352 e. The highest BCUT2D eigenvalue weighted by Gasteiger charge is 2.65. The summed E-state index contributed by atoms with van der Waals surface area (Å²) >= 11 is 0. The van der Waals surface area contributed by atoms with Gasteiger partial charge in [0.15, 0.2) is 0 Å². The van der Waals surface area contributed by atoms with Crippen LogP contribution in [-0.2, 0) is 4.79 Å². The number of carbonyl (C=O) groups is 1. The molecule has 0 saturated heterocycles. The first-order chi connectivity index (χ1) is 8.76. The van der Waals surface area contributed by atoms with Crippen LogP contribution in [0.25, 0.3) is 0 Å². The van der Waals surface area contributed by atoms with Gasteiger partial charge in [0, 0.05) is 12.1 Å². The Labute approximate surface area is 117 Å². The highest BCUT2D eigenvalue weighted by Crippen LogP contribution is 2.62. The Morgan fingerprint density at radius 2 is 1.58 bits per heavy atom. The van der Waals surface area contributed by atoms with E-state index in [0.29, 0.717) is 12.1 Å². The molecule has 1 unspecified atom stereocenters. The van der Waals surface area contributed by atoms with Crippen LogP contribution in [0.4, 0.5) is 0 Å². The lowest BCUT2D eigenvalue weighted by Gasteiger charge is -2.25. The zero-order valence-corrected chi connectivity index (χ0v) is 13.2. The lowest BCUT2D eigenvalue weighted by molar-refractivity contribution is -0.123. The van der Waals surface area contributed by atoms with Crippen LogP contribution >= 0.6 is 0 Å². The lowest BCUT2D eigenvalue weighted by atomic mass is 9.95. The molecule has 19 heavy (non-hydrogen) atoms. The van der Waals surface area contributed by atoms with Crippen molar-refractivity contribution in [2.45, 2.75) is 84.8 Å². The number of amides is 1. The van der Waals surface area contributed by atoms with Crippen LogP contribution in [0.15, 0.2) is 0 Å². The molecule has 0 aromatic carbocycles. The van der Waals surface area contributed by atoms with Crippen LogP contribution in [0.5, 0.6) is 0 Å². The average Bonchev–Trinajstić information content (AvgIpc) is 2.73. The van der Waals surface area contributed by atoms with Gasteiger partial charge in [-0.3, -0.25) is 4.79 Å². The summed E-state index contributed by atoms with van der Waals surface area (Å²) in [4.78, 5) is 12.2. The van der Waals surface area contributed by atoms with E-state index in [2.05, 4.69) is 38.3 Å². The molecule has 110 valence electrons. The summed E-state index contributed by atoms with van der Waals surface area (Å²) < 4.78 is 0. The predicted molar refractivity (Wildman–Crippen MR) is 79.0 cm³/mol. The van der Waals surface area contributed by atoms with E-state index in [9.17, 15) is 4.79 Å². The molecule has 1 amide bonds. The first-order valence-corrected chi connectivity index (χ1v) is 7.83. The fourth-order valence-electron chi connectivity index (χ4n) is 3.51. The van der Waals surface area contributed by atoms with E-state index in [1.165, 1.54) is 19.3 Å². The second kappa shape index (κ2) is 5.08. The minimum absolute atomic E-state index is 0.0898. The molecule has 0 heterocycles. The molecule has 0 spiro atoms. The van der Waals surface area contributed by atoms with E-state index in [4.69, 9.17) is 0 Å². The number of hydrogen-bond donors (Lipinski definition) is 2. The quantitative estimate of drug-likeness (QED) is 0.821. The van der Waals surface area contributed by atoms with E-state index in [-0.39, 0.29) is 22.8 Å². The van der Waals surface area contributed by atoms with Gasteiger partial charge in [-0.1, -0.05) is 47.0 Å². The first-order valence-electron chi connectivity index (χ1n) is 7.83. The van der Waals surface area contributed by atoms with Crippen LogP contribution in [0.2, 0.25) is 0 Å². The summed E-state index contributed by atoms with van der Waals surface area (Å²) in [5, 5.41) is 6.72. The SMILES string of the molecule is CC(NC1C(C)(C)C1(C)C)C(=O)NC1CCCCC1. The third-order valence-corrected chi connectivity index (χ3v) is 5.78. The van der Waals surface area contributed by atoms with Crippen molar-refractivity contribution < 1.29 is 4.79 Å². The third kappa shape index (κ3) is 2.81. The maximum Gasteiger partial charge on any atom is 0.237 e. The van der Waals surface area contributed by atoms with Crippen LogP contribution in [0.3, 0.4) is 0 Å². The Kier molecular flexibility index (Phi) is 3.97. The van der Waals surface area contributed by atoms with Gasteiger partial charge in [0.05, 0.1) is 6.04 Å². The number of carbonyl (C=O) groups excluding carboxylic acids is 1. The molecule has 0 aliphatic heterocycles. The molecule has 2 saturated carbocycles. The maximum absolute atomic E-state index is 12.2. The molecular weight excluding hydrogens is 236 g/mol. The number of hydrogen-bond acceptors (Lipinski definition) is 2. The summed E-state index contributed by atoms with van der Waals surface area (Å²) in [5.74, 6) is 0.172. The fourth-order valence-corrected chi connectivity index (χ4v) is 3.51. The van der Waals surface area contributed by atoms with Crippen LogP contribution in [0.1, 0.15) is 66.7 Å². The van der Waals surface area contributed by atoms with Crippen LogP contribution in [0, 0.1) is 10.8 Å². The summed E-state index contributed by atoms with van der Waals surface area (Å²) in [5.41, 5.74) is 0.568. The Balaban J connectivity index is 1.80. The van der Waals surface area contributed by atoms with Crippen LogP contribution < -0.4 is 10.6 Å². The molecule has 0 radical (unpaired) electrons. The van der Waals surface area contributed by atoms with Crippen molar-refractivity contribution >= 4 is 5.91 Å². The average molecular weight is 266 g/mol. The molecule has 3 nitrogen and oxygen atoms in total. The van der Waals surface area contributed by atoms with Gasteiger partial charge in [0.2, 0.25) is 5.91 Å². The molecule has 2 N–H and O–H groups in total. The van der Waals surface area contributed by atoms with Gasteiger partial charge in [-0.2, -0.15) is 0 Å². The Morgan fingerprint density at radius 3 is 2.05 bits per heavy atom. The highest BCUT2D eigenvalue weighted by atomic mass is 16.2. The molecule has 0 bridgehead atoms. The van der Waals surface area contributed by atoms with Crippen molar-refractivity contribution in [3.05, 3.63) is 0 Å². The molecule has 1 atom stereocenters. The molecule has 2 fully saturated rings. The smallest absolute Gasteiger partial charge is 0.237 e. The van der Waals surface area contributed by atoms with Crippen molar-refractivity contribution in [2.75, 3.05) is 0 Å². The largest absolute Gasteiger partial charge is 0.352 e. The fraction of sp³-hybridized carbons (Fsp3) is 0.938. The summed E-state index contributed by atoms with van der Waals surface area (Å²) in [6.45, 7) is 11.1. The van der Waals surface area contributed by atoms with Gasteiger partial charge in [0.25, 0.3) is 0 Å². The zero-order valence-electron chi connectivity index (χ0n) is 13.2. The molecule has 2 aliphatic carbocycles. The molecule has 0 aromatic rings. The van der Waals surface area contributed by atoms with Crippen molar-refractivity contribution in [1.82, 2.24) is 10.6 Å². The molecule has 2 rings (SSSR count). The van der Waals surface area contributed by atoms with Crippen molar-refractivity contribution in [1.29, 1.82) is 0 Å². The lowest BCUT2D eigenvalue weighted by Crippen LogP contribution is -2.48. The van der Waals surface area contributed by atoms with E-state index in [0.717, 1.165) is 12.8 Å². The summed E-state index contributed by atoms with van der Waals surface area (Å²) in [6, 6.07) is 0.755. The third-order valence-electron chi connectivity index (χ3n) is 5.78. The second-order valence-corrected chi connectivity index (χ2v) is 7.61. The Morgan fingerprint density at radius 1 is 1.05 bits per heavy atom. The van der Waals surface area contributed by atoms with E-state index < -0.39 is 0 Å². The van der Waals surface area contributed by atoms with Crippen molar-refractivity contribution in [3.63, 3.8) is 0 Å². The summed E-state index contributed by atoms with van der Waals surface area (Å²) in [7, 11) is 0. The molecule has 2 aliphatic rings. The standard InChI is InChI=1S/C16H30N2O/c1-11(17-14-15(2,3)16(14,4)5)13(19)18-12-9-7-6-8-10-12/h11-12,14,17H,6-10H2,1-5H3,(H,18,19). The normalized spacial score (nSPS) is 27.8. The van der Waals surface area contributed by atoms with Gasteiger partial charge in [-0.05, 0) is 30.6 Å². The maximum atomic E-state index is 12.2. The van der Waals surface area contributed by atoms with Crippen molar-refractivity contribution in [3.8, 4) is 0 Å². The Hall–Kier alpha value is -0.570. The van der Waals surface area contributed by atoms with Gasteiger partial charge >= 0.3 is 0 Å². The van der Waals surface area contributed by atoms with E-state index in [1.807, 2.05) is 6.92 Å². The second-order valence-electron chi connectivity index (χ2n) is 7.61. The monoisotopic (exact) mass is 266 g/mol. The van der Waals surface area contributed by atoms with Crippen LogP contribution in [-0.4, -0.2) is 24.0 Å². The zero-order chi connectivity index (χ0) is 14.3. The predicted octanol–water partition coefficient (Wildman–Crippen LogP) is 2.85. The minimum atomic E-state index is -0.0898. The summed E-state index contributed by atoms with van der Waals surface area (Å²) in [6.07, 6.45) is 6.15. The number of rotatable bonds is 4. The first kappa shape index (κ1) is 14.8. The number of nitrogens with one attached hydrogen (secondary N) is 2. The van der Waals surface area contributed by atoms with Gasteiger partial charge in [0.1, 0.15) is 0 Å².